The van der Waals surface area contributed by atoms with Gasteiger partial charge in [0.1, 0.15) is 13.2 Å². The van der Waals surface area contributed by atoms with E-state index in [1.54, 1.807) is 55.5 Å². The van der Waals surface area contributed by atoms with Gasteiger partial charge in [-0.2, -0.15) is 0 Å². The lowest BCUT2D eigenvalue weighted by Gasteiger charge is -2.24. The lowest BCUT2D eigenvalue weighted by molar-refractivity contribution is -0.110. The molecule has 5 rings (SSSR count). The molecule has 0 atom stereocenters. The number of carbonyl (C=O) groups excluding carboxylic acids is 2. The number of carbonyl (C=O) groups is 2. The van der Waals surface area contributed by atoms with Crippen molar-refractivity contribution >= 4 is 50.2 Å². The highest BCUT2D eigenvalue weighted by atomic mass is 32.2. The van der Waals surface area contributed by atoms with Crippen LogP contribution in [0.4, 0.5) is 17.1 Å². The molecule has 1 amide bonds. The highest BCUT2D eigenvalue weighted by Gasteiger charge is 2.30. The maximum atomic E-state index is 13.5. The molecule has 0 fully saturated rings. The summed E-state index contributed by atoms with van der Waals surface area (Å²) in [5, 5.41) is 6.25. The van der Waals surface area contributed by atoms with Gasteiger partial charge in [-0.3, -0.25) is 9.10 Å². The van der Waals surface area contributed by atoms with Crippen molar-refractivity contribution in [1.29, 1.82) is 0 Å². The molecule has 11 nitrogen and oxygen atoms in total. The van der Waals surface area contributed by atoms with Crippen molar-refractivity contribution in [1.82, 2.24) is 4.90 Å². The van der Waals surface area contributed by atoms with Gasteiger partial charge in [0.2, 0.25) is 10.0 Å². The molecule has 2 heterocycles. The molecule has 3 aromatic rings. The van der Waals surface area contributed by atoms with E-state index in [1.165, 1.54) is 10.6 Å². The van der Waals surface area contributed by atoms with Gasteiger partial charge in [0.05, 0.1) is 41.1 Å². The molecular formula is C31H34N4O7S. The van der Waals surface area contributed by atoms with E-state index in [4.69, 9.17) is 14.2 Å². The average Bonchev–Trinajstić information content (AvgIpc) is 3.30. The molecule has 0 saturated heterocycles. The minimum absolute atomic E-state index is 0.238. The number of anilines is 3. The van der Waals surface area contributed by atoms with Crippen LogP contribution in [0.3, 0.4) is 0 Å². The standard InChI is InChI=1S/C31H34N4O7S/c1-5-40-31(37)21-6-12-24-25(18-21)33-30(36)28(24)29(20-7-13-26-27(19-20)42-17-16-41-26)32-22-8-10-23(11-9-22)35(43(4,38)39)15-14-34(2)3/h6-13,18-19,32H,5,14-17H2,1-4H3,(H,33,36)/b29-28-. The lowest BCUT2D eigenvalue weighted by Crippen LogP contribution is -2.35. The van der Waals surface area contributed by atoms with Gasteiger partial charge in [-0.05, 0) is 75.6 Å². The Morgan fingerprint density at radius 1 is 0.953 bits per heavy atom. The number of sulfonamides is 1. The highest BCUT2D eigenvalue weighted by Crippen LogP contribution is 2.40. The van der Waals surface area contributed by atoms with Crippen LogP contribution in [0.2, 0.25) is 0 Å². The quantitative estimate of drug-likeness (QED) is 0.261. The minimum atomic E-state index is -3.50. The van der Waals surface area contributed by atoms with Crippen LogP contribution in [0.15, 0.2) is 60.7 Å². The summed E-state index contributed by atoms with van der Waals surface area (Å²) in [6, 6.07) is 17.3. The number of esters is 1. The maximum absolute atomic E-state index is 13.5. The Bertz CT molecular complexity index is 1680. The molecule has 2 aliphatic heterocycles. The first-order chi connectivity index (χ1) is 20.5. The minimum Gasteiger partial charge on any atom is -0.486 e. The molecular weight excluding hydrogens is 572 g/mol. The second-order valence-corrected chi connectivity index (χ2v) is 12.3. The number of likely N-dealkylation sites (N-methyl/N-ethyl adjacent to an activating group) is 1. The van der Waals surface area contributed by atoms with Crippen LogP contribution >= 0.6 is 0 Å². The van der Waals surface area contributed by atoms with E-state index < -0.39 is 16.0 Å². The van der Waals surface area contributed by atoms with E-state index in [0.29, 0.717) is 82.8 Å². The highest BCUT2D eigenvalue weighted by molar-refractivity contribution is 7.92. The third-order valence-corrected chi connectivity index (χ3v) is 8.13. The summed E-state index contributed by atoms with van der Waals surface area (Å²) >= 11 is 0. The fourth-order valence-electron chi connectivity index (χ4n) is 4.87. The number of fused-ring (bicyclic) bond motifs is 2. The molecule has 12 heteroatoms. The zero-order valence-electron chi connectivity index (χ0n) is 24.5. The van der Waals surface area contributed by atoms with Crippen LogP contribution in [0.25, 0.3) is 11.3 Å². The van der Waals surface area contributed by atoms with Gasteiger partial charge in [-0.15, -0.1) is 0 Å². The van der Waals surface area contributed by atoms with Crippen LogP contribution in [-0.2, 0) is 19.6 Å². The molecule has 2 N–H and O–H groups in total. The molecule has 0 aliphatic carbocycles. The third-order valence-electron chi connectivity index (χ3n) is 6.93. The van der Waals surface area contributed by atoms with Crippen molar-refractivity contribution < 1.29 is 32.2 Å². The van der Waals surface area contributed by atoms with Crippen molar-refractivity contribution in [3.05, 3.63) is 77.4 Å². The second-order valence-electron chi connectivity index (χ2n) is 10.4. The first-order valence-corrected chi connectivity index (χ1v) is 15.7. The number of benzene rings is 3. The Labute approximate surface area is 251 Å². The summed E-state index contributed by atoms with van der Waals surface area (Å²) in [6.07, 6.45) is 1.18. The van der Waals surface area contributed by atoms with Gasteiger partial charge in [0.25, 0.3) is 5.91 Å². The third kappa shape index (κ3) is 6.60. The van der Waals surface area contributed by atoms with Crippen molar-refractivity contribution in [2.45, 2.75) is 6.92 Å². The number of rotatable bonds is 10. The molecule has 0 aromatic heterocycles. The average molecular weight is 607 g/mol. The van der Waals surface area contributed by atoms with E-state index in [-0.39, 0.29) is 12.5 Å². The fourth-order valence-corrected chi connectivity index (χ4v) is 5.79. The van der Waals surface area contributed by atoms with Gasteiger partial charge in [0, 0.05) is 29.9 Å². The zero-order chi connectivity index (χ0) is 30.7. The van der Waals surface area contributed by atoms with Crippen LogP contribution in [0, 0.1) is 0 Å². The van der Waals surface area contributed by atoms with Gasteiger partial charge in [-0.25, -0.2) is 13.2 Å². The summed E-state index contributed by atoms with van der Waals surface area (Å²) in [5.41, 5.74) is 4.13. The van der Waals surface area contributed by atoms with Crippen molar-refractivity contribution in [2.75, 3.05) is 68.2 Å². The van der Waals surface area contributed by atoms with Crippen LogP contribution in [0.5, 0.6) is 11.5 Å². The monoisotopic (exact) mass is 606 g/mol. The number of hydrogen-bond donors (Lipinski definition) is 2. The van der Waals surface area contributed by atoms with E-state index in [2.05, 4.69) is 10.6 Å². The SMILES string of the molecule is CCOC(=O)c1ccc2c(c1)NC(=O)/C2=C(\Nc1ccc(N(CCN(C)C)S(C)(=O)=O)cc1)c1ccc2c(c1)OCCO2. The number of ether oxygens (including phenoxy) is 3. The van der Waals surface area contributed by atoms with Crippen molar-refractivity contribution in [3.63, 3.8) is 0 Å². The Balaban J connectivity index is 1.56. The molecule has 0 spiro atoms. The molecule has 226 valence electrons. The lowest BCUT2D eigenvalue weighted by atomic mass is 9.98. The summed E-state index contributed by atoms with van der Waals surface area (Å²) in [5.74, 6) is 0.338. The van der Waals surface area contributed by atoms with E-state index >= 15 is 0 Å². The van der Waals surface area contributed by atoms with Crippen LogP contribution in [-0.4, -0.2) is 78.5 Å². The zero-order valence-corrected chi connectivity index (χ0v) is 25.3. The molecule has 2 aliphatic rings. The Morgan fingerprint density at radius 2 is 1.65 bits per heavy atom. The van der Waals surface area contributed by atoms with Gasteiger partial charge in [0.15, 0.2) is 11.5 Å². The first kappa shape index (κ1) is 29.9. The maximum Gasteiger partial charge on any atom is 0.338 e. The van der Waals surface area contributed by atoms with Gasteiger partial charge in [-0.1, -0.05) is 6.07 Å². The second kappa shape index (κ2) is 12.4. The largest absolute Gasteiger partial charge is 0.486 e. The van der Waals surface area contributed by atoms with E-state index in [1.807, 2.05) is 31.1 Å². The number of hydrogen-bond acceptors (Lipinski definition) is 9. The van der Waals surface area contributed by atoms with Gasteiger partial charge < -0.3 is 29.7 Å². The normalized spacial score (nSPS) is 15.0. The smallest absolute Gasteiger partial charge is 0.338 e. The molecule has 0 bridgehead atoms. The Hall–Kier alpha value is -4.55. The molecule has 0 unspecified atom stereocenters. The summed E-state index contributed by atoms with van der Waals surface area (Å²) in [7, 11) is 0.265. The molecule has 43 heavy (non-hydrogen) atoms. The molecule has 3 aromatic carbocycles. The topological polar surface area (TPSA) is 127 Å². The Kier molecular flexibility index (Phi) is 8.60. The predicted octanol–water partition coefficient (Wildman–Crippen LogP) is 3.89. The molecule has 0 radical (unpaired) electrons. The van der Waals surface area contributed by atoms with Crippen molar-refractivity contribution in [3.8, 4) is 11.5 Å². The first-order valence-electron chi connectivity index (χ1n) is 13.8. The summed E-state index contributed by atoms with van der Waals surface area (Å²) in [4.78, 5) is 27.7. The summed E-state index contributed by atoms with van der Waals surface area (Å²) in [6.45, 7) is 3.68. The van der Waals surface area contributed by atoms with Gasteiger partial charge >= 0.3 is 5.97 Å². The number of nitrogens with zero attached hydrogens (tertiary/aromatic N) is 2. The molecule has 0 saturated carbocycles. The Morgan fingerprint density at radius 3 is 2.33 bits per heavy atom. The van der Waals surface area contributed by atoms with Crippen LogP contribution < -0.4 is 24.4 Å². The summed E-state index contributed by atoms with van der Waals surface area (Å²) < 4.78 is 43.0. The van der Waals surface area contributed by atoms with Crippen LogP contribution in [0.1, 0.15) is 28.4 Å². The van der Waals surface area contributed by atoms with E-state index in [0.717, 1.165) is 0 Å². The van der Waals surface area contributed by atoms with E-state index in [9.17, 15) is 18.0 Å². The number of nitrogens with one attached hydrogen (secondary N) is 2. The predicted molar refractivity (Wildman–Crippen MR) is 166 cm³/mol. The fraction of sp³-hybridized carbons (Fsp3) is 0.290. The number of amides is 1. The van der Waals surface area contributed by atoms with Crippen molar-refractivity contribution in [2.24, 2.45) is 0 Å².